The van der Waals surface area contributed by atoms with E-state index in [-0.39, 0.29) is 35.0 Å². The van der Waals surface area contributed by atoms with Gasteiger partial charge in [0.25, 0.3) is 0 Å². The molecule has 0 saturated heterocycles. The number of amides is 1. The van der Waals surface area contributed by atoms with Crippen LogP contribution in [0.5, 0.6) is 17.2 Å². The van der Waals surface area contributed by atoms with E-state index >= 15 is 0 Å². The Kier molecular flexibility index (Phi) is 8.01. The maximum absolute atomic E-state index is 13.6. The molecule has 0 saturated carbocycles. The Balaban J connectivity index is 1.69. The second kappa shape index (κ2) is 11.2. The van der Waals surface area contributed by atoms with Crippen LogP contribution in [0.25, 0.3) is 11.0 Å². The van der Waals surface area contributed by atoms with Crippen LogP contribution >= 0.6 is 31.9 Å². The van der Waals surface area contributed by atoms with Crippen molar-refractivity contribution in [2.75, 3.05) is 6.61 Å². The Morgan fingerprint density at radius 3 is 2.33 bits per heavy atom. The third-order valence-electron chi connectivity index (χ3n) is 5.67. The van der Waals surface area contributed by atoms with Gasteiger partial charge in [0.15, 0.2) is 17.3 Å². The summed E-state index contributed by atoms with van der Waals surface area (Å²) in [6.07, 6.45) is 1.48. The Labute approximate surface area is 224 Å². The highest BCUT2D eigenvalue weighted by Gasteiger charge is 2.25. The molecule has 36 heavy (non-hydrogen) atoms. The van der Waals surface area contributed by atoms with E-state index in [0.29, 0.717) is 57.1 Å². The number of primary amides is 1. The average Bonchev–Trinajstić information content (AvgIpc) is 3.19. The highest BCUT2D eigenvalue weighted by atomic mass is 79.9. The van der Waals surface area contributed by atoms with Crippen LogP contribution in [0.3, 0.4) is 0 Å². The van der Waals surface area contributed by atoms with Gasteiger partial charge in [-0.05, 0) is 62.0 Å². The van der Waals surface area contributed by atoms with Gasteiger partial charge in [0, 0.05) is 36.3 Å². The van der Waals surface area contributed by atoms with Gasteiger partial charge in [0.05, 0.1) is 21.1 Å². The summed E-state index contributed by atoms with van der Waals surface area (Å²) in [5, 5.41) is 21.1. The summed E-state index contributed by atoms with van der Waals surface area (Å²) in [6.45, 7) is 0.344. The smallest absolute Gasteiger partial charge is 0.217 e. The standard InChI is InChI=1S/C27H23Br2NO6/c28-18-11-16(12-19(29)27(18)34)26(33)25-17-13-20(31)23(35-10-9-15-5-2-1-3-6-15)14-22(17)36-21(25)7-4-8-24(30)32/h1-3,5-6,11-14,31,34H,4,7-10H2,(H2,30,32). The topological polar surface area (TPSA) is 123 Å². The quantitative estimate of drug-likeness (QED) is 0.187. The summed E-state index contributed by atoms with van der Waals surface area (Å²) >= 11 is 6.51. The normalized spacial score (nSPS) is 11.1. The number of aromatic hydroxyl groups is 2. The zero-order chi connectivity index (χ0) is 25.8. The van der Waals surface area contributed by atoms with Crippen molar-refractivity contribution in [2.24, 2.45) is 5.73 Å². The molecule has 4 N–H and O–H groups in total. The van der Waals surface area contributed by atoms with Crippen LogP contribution in [-0.2, 0) is 17.6 Å². The van der Waals surface area contributed by atoms with Crippen LogP contribution in [0.1, 0.15) is 40.1 Å². The fourth-order valence-electron chi connectivity index (χ4n) is 3.89. The van der Waals surface area contributed by atoms with Crippen LogP contribution in [-0.4, -0.2) is 28.5 Å². The molecule has 7 nitrogen and oxygen atoms in total. The van der Waals surface area contributed by atoms with Gasteiger partial charge in [-0.1, -0.05) is 30.3 Å². The molecule has 186 valence electrons. The molecule has 0 aliphatic carbocycles. The minimum absolute atomic E-state index is 0.0276. The number of ether oxygens (including phenoxy) is 1. The van der Waals surface area contributed by atoms with E-state index in [1.807, 2.05) is 30.3 Å². The highest BCUT2D eigenvalue weighted by molar-refractivity contribution is 9.11. The van der Waals surface area contributed by atoms with Crippen molar-refractivity contribution in [1.29, 1.82) is 0 Å². The van der Waals surface area contributed by atoms with Crippen molar-refractivity contribution >= 4 is 54.5 Å². The van der Waals surface area contributed by atoms with Crippen LogP contribution in [0.4, 0.5) is 0 Å². The second-order valence-corrected chi connectivity index (χ2v) is 9.95. The molecule has 1 amide bonds. The zero-order valence-corrected chi connectivity index (χ0v) is 22.3. The molecule has 0 unspecified atom stereocenters. The predicted molar refractivity (Wildman–Crippen MR) is 143 cm³/mol. The van der Waals surface area contributed by atoms with E-state index in [1.54, 1.807) is 6.07 Å². The van der Waals surface area contributed by atoms with Crippen molar-refractivity contribution in [3.05, 3.63) is 86.0 Å². The zero-order valence-electron chi connectivity index (χ0n) is 19.1. The van der Waals surface area contributed by atoms with Gasteiger partial charge < -0.3 is 25.1 Å². The minimum Gasteiger partial charge on any atom is -0.506 e. The number of nitrogens with two attached hydrogens (primary N) is 1. The van der Waals surface area contributed by atoms with Gasteiger partial charge in [-0.3, -0.25) is 9.59 Å². The lowest BCUT2D eigenvalue weighted by Crippen LogP contribution is -2.10. The van der Waals surface area contributed by atoms with Gasteiger partial charge in [0.1, 0.15) is 17.1 Å². The lowest BCUT2D eigenvalue weighted by Gasteiger charge is -2.09. The molecule has 1 heterocycles. The maximum Gasteiger partial charge on any atom is 0.217 e. The fourth-order valence-corrected chi connectivity index (χ4v) is 5.08. The number of benzene rings is 3. The number of halogens is 2. The first-order chi connectivity index (χ1) is 17.2. The van der Waals surface area contributed by atoms with E-state index < -0.39 is 5.91 Å². The number of rotatable bonds is 10. The summed E-state index contributed by atoms with van der Waals surface area (Å²) in [5.74, 6) is -0.344. The molecule has 1 aromatic heterocycles. The van der Waals surface area contributed by atoms with Gasteiger partial charge >= 0.3 is 0 Å². The van der Waals surface area contributed by atoms with Crippen LogP contribution in [0.2, 0.25) is 0 Å². The lowest BCUT2D eigenvalue weighted by atomic mass is 9.98. The van der Waals surface area contributed by atoms with Gasteiger partial charge in [0.2, 0.25) is 5.91 Å². The van der Waals surface area contributed by atoms with E-state index in [4.69, 9.17) is 14.9 Å². The monoisotopic (exact) mass is 615 g/mol. The number of hydrogen-bond donors (Lipinski definition) is 3. The number of phenolic OH excluding ortho intramolecular Hbond substituents is 2. The van der Waals surface area contributed by atoms with Gasteiger partial charge in [-0.25, -0.2) is 0 Å². The van der Waals surface area contributed by atoms with E-state index in [0.717, 1.165) is 5.56 Å². The van der Waals surface area contributed by atoms with Gasteiger partial charge in [-0.15, -0.1) is 0 Å². The molecule has 3 aromatic carbocycles. The molecule has 4 rings (SSSR count). The number of carbonyl (C=O) groups is 2. The molecular weight excluding hydrogens is 594 g/mol. The minimum atomic E-state index is -0.447. The van der Waals surface area contributed by atoms with E-state index in [9.17, 15) is 19.8 Å². The third kappa shape index (κ3) is 5.74. The summed E-state index contributed by atoms with van der Waals surface area (Å²) in [5.41, 5.74) is 7.32. The van der Waals surface area contributed by atoms with Crippen molar-refractivity contribution in [3.8, 4) is 17.2 Å². The Morgan fingerprint density at radius 2 is 1.67 bits per heavy atom. The summed E-state index contributed by atoms with van der Waals surface area (Å²) in [6, 6.07) is 15.9. The Morgan fingerprint density at radius 1 is 0.972 bits per heavy atom. The number of fused-ring (bicyclic) bond motifs is 1. The third-order valence-corrected chi connectivity index (χ3v) is 6.88. The molecule has 0 bridgehead atoms. The molecule has 0 spiro atoms. The predicted octanol–water partition coefficient (Wildman–Crippen LogP) is 6.03. The molecule has 0 radical (unpaired) electrons. The maximum atomic E-state index is 13.6. The number of furan rings is 1. The molecule has 0 aliphatic rings. The number of hydrogen-bond acceptors (Lipinski definition) is 6. The first-order valence-electron chi connectivity index (χ1n) is 11.2. The molecule has 0 fully saturated rings. The van der Waals surface area contributed by atoms with Gasteiger partial charge in [-0.2, -0.15) is 0 Å². The first-order valence-corrected chi connectivity index (χ1v) is 12.8. The fraction of sp³-hybridized carbons (Fsp3) is 0.185. The van der Waals surface area contributed by atoms with E-state index in [2.05, 4.69) is 31.9 Å². The Hall–Kier alpha value is -3.30. The number of aryl methyl sites for hydroxylation is 1. The summed E-state index contributed by atoms with van der Waals surface area (Å²) in [4.78, 5) is 24.8. The molecule has 4 aromatic rings. The van der Waals surface area contributed by atoms with E-state index in [1.165, 1.54) is 18.2 Å². The van der Waals surface area contributed by atoms with Crippen LogP contribution in [0, 0.1) is 0 Å². The lowest BCUT2D eigenvalue weighted by molar-refractivity contribution is -0.118. The molecular formula is C27H23Br2NO6. The highest BCUT2D eigenvalue weighted by Crippen LogP contribution is 2.39. The molecule has 0 atom stereocenters. The number of ketones is 1. The Bertz CT molecular complexity index is 1410. The number of carbonyl (C=O) groups excluding carboxylic acids is 2. The average molecular weight is 617 g/mol. The summed E-state index contributed by atoms with van der Waals surface area (Å²) < 4.78 is 12.5. The summed E-state index contributed by atoms with van der Waals surface area (Å²) in [7, 11) is 0. The van der Waals surface area contributed by atoms with Crippen molar-refractivity contribution in [3.63, 3.8) is 0 Å². The second-order valence-electron chi connectivity index (χ2n) is 8.24. The molecule has 9 heteroatoms. The number of phenols is 2. The van der Waals surface area contributed by atoms with Crippen molar-refractivity contribution < 1.29 is 29.0 Å². The van der Waals surface area contributed by atoms with Crippen LogP contribution < -0.4 is 10.5 Å². The molecule has 0 aliphatic heterocycles. The SMILES string of the molecule is NC(=O)CCCc1oc2cc(OCCc3ccccc3)c(O)cc2c1C(=O)c1cc(Br)c(O)c(Br)c1. The van der Waals surface area contributed by atoms with Crippen molar-refractivity contribution in [2.45, 2.75) is 25.7 Å². The first kappa shape index (κ1) is 25.8. The van der Waals surface area contributed by atoms with Crippen LogP contribution in [0.15, 0.2) is 68.0 Å². The van der Waals surface area contributed by atoms with Crippen molar-refractivity contribution in [1.82, 2.24) is 0 Å². The largest absolute Gasteiger partial charge is 0.506 e.